The predicted octanol–water partition coefficient (Wildman–Crippen LogP) is 4.04. The fraction of sp³-hybridized carbons (Fsp3) is 0.188. The predicted molar refractivity (Wildman–Crippen MR) is 81.8 cm³/mol. The minimum atomic E-state index is -0.631. The molecule has 0 saturated heterocycles. The third-order valence-corrected chi connectivity index (χ3v) is 4.06. The quantitative estimate of drug-likeness (QED) is 0.788. The van der Waals surface area contributed by atoms with Crippen molar-refractivity contribution in [2.24, 2.45) is 0 Å². The topological polar surface area (TPSA) is 55.5 Å². The molecule has 0 amide bonds. The minimum absolute atomic E-state index is 0.548. The molecule has 1 aromatic heterocycles. The normalized spacial score (nSPS) is 12.5. The summed E-state index contributed by atoms with van der Waals surface area (Å²) >= 11 is 1.38. The van der Waals surface area contributed by atoms with E-state index in [1.54, 1.807) is 14.0 Å². The third-order valence-electron chi connectivity index (χ3n) is 3.14. The number of aliphatic hydroxyl groups is 1. The Morgan fingerprint density at radius 3 is 2.71 bits per heavy atom. The molecule has 0 bridgehead atoms. The van der Waals surface area contributed by atoms with E-state index >= 15 is 0 Å². The Hall–Kier alpha value is -1.98. The van der Waals surface area contributed by atoms with Crippen molar-refractivity contribution in [1.82, 2.24) is 4.98 Å². The first-order valence-electron chi connectivity index (χ1n) is 6.57. The molecule has 0 saturated carbocycles. The highest BCUT2D eigenvalue weighted by Crippen LogP contribution is 2.38. The standard InChI is InChI=1S/C16H15NO3S/c1-10(18)15-13(19-2)8-5-9-14(15)21-16-17-11-6-3-4-7-12(11)20-16/h3-10,18H,1-2H3. The first-order chi connectivity index (χ1) is 10.2. The van der Waals surface area contributed by atoms with Gasteiger partial charge in [-0.1, -0.05) is 18.2 Å². The minimum Gasteiger partial charge on any atom is -0.496 e. The molecule has 0 spiro atoms. The number of ether oxygens (including phenoxy) is 1. The SMILES string of the molecule is COc1cccc(Sc2nc3ccccc3o2)c1C(C)O. The summed E-state index contributed by atoms with van der Waals surface area (Å²) in [6.45, 7) is 1.72. The zero-order valence-corrected chi connectivity index (χ0v) is 12.6. The number of fused-ring (bicyclic) bond motifs is 1. The summed E-state index contributed by atoms with van der Waals surface area (Å²) in [5.74, 6) is 0.658. The number of para-hydroxylation sites is 2. The van der Waals surface area contributed by atoms with E-state index in [-0.39, 0.29) is 0 Å². The Bertz CT molecular complexity index is 734. The number of aliphatic hydroxyl groups excluding tert-OH is 1. The van der Waals surface area contributed by atoms with Crippen LogP contribution in [-0.2, 0) is 0 Å². The average Bonchev–Trinajstić information content (AvgIpc) is 2.88. The van der Waals surface area contributed by atoms with Crippen LogP contribution in [0.4, 0.5) is 0 Å². The highest BCUT2D eigenvalue weighted by molar-refractivity contribution is 7.99. The van der Waals surface area contributed by atoms with Gasteiger partial charge in [0.1, 0.15) is 11.3 Å². The van der Waals surface area contributed by atoms with Crippen molar-refractivity contribution in [3.8, 4) is 5.75 Å². The molecule has 0 radical (unpaired) electrons. The van der Waals surface area contributed by atoms with Crippen molar-refractivity contribution in [1.29, 1.82) is 0 Å². The Labute approximate surface area is 126 Å². The average molecular weight is 301 g/mol. The molecule has 1 unspecified atom stereocenters. The Morgan fingerprint density at radius 1 is 1.19 bits per heavy atom. The molecule has 2 aromatic carbocycles. The molecule has 3 aromatic rings. The number of nitrogens with zero attached hydrogens (tertiary/aromatic N) is 1. The van der Waals surface area contributed by atoms with Gasteiger partial charge in [0, 0.05) is 10.5 Å². The van der Waals surface area contributed by atoms with Crippen molar-refractivity contribution in [2.75, 3.05) is 7.11 Å². The smallest absolute Gasteiger partial charge is 0.261 e. The second-order valence-electron chi connectivity index (χ2n) is 4.60. The van der Waals surface area contributed by atoms with Gasteiger partial charge in [-0.2, -0.15) is 0 Å². The van der Waals surface area contributed by atoms with Crippen molar-refractivity contribution < 1.29 is 14.3 Å². The largest absolute Gasteiger partial charge is 0.496 e. The maximum atomic E-state index is 9.99. The van der Waals surface area contributed by atoms with E-state index in [1.807, 2.05) is 42.5 Å². The maximum Gasteiger partial charge on any atom is 0.261 e. The number of oxazole rings is 1. The van der Waals surface area contributed by atoms with E-state index in [0.29, 0.717) is 11.0 Å². The lowest BCUT2D eigenvalue weighted by Gasteiger charge is -2.14. The van der Waals surface area contributed by atoms with Gasteiger partial charge in [-0.25, -0.2) is 4.98 Å². The molecule has 5 heteroatoms. The molecule has 3 rings (SSSR count). The Balaban J connectivity index is 2.01. The first kappa shape index (κ1) is 14.0. The van der Waals surface area contributed by atoms with Crippen LogP contribution in [0.3, 0.4) is 0 Å². The van der Waals surface area contributed by atoms with Crippen molar-refractivity contribution in [3.63, 3.8) is 0 Å². The van der Waals surface area contributed by atoms with Crippen molar-refractivity contribution in [2.45, 2.75) is 23.1 Å². The van der Waals surface area contributed by atoms with E-state index in [4.69, 9.17) is 9.15 Å². The number of benzene rings is 2. The summed E-state index contributed by atoms with van der Waals surface area (Å²) < 4.78 is 11.0. The van der Waals surface area contributed by atoms with Crippen LogP contribution < -0.4 is 4.74 Å². The summed E-state index contributed by atoms with van der Waals surface area (Å²) in [7, 11) is 1.59. The van der Waals surface area contributed by atoms with Crippen LogP contribution >= 0.6 is 11.8 Å². The summed E-state index contributed by atoms with van der Waals surface area (Å²) in [6.07, 6.45) is -0.631. The number of rotatable bonds is 4. The molecule has 1 heterocycles. The van der Waals surface area contributed by atoms with E-state index < -0.39 is 6.10 Å². The number of aromatic nitrogens is 1. The lowest BCUT2D eigenvalue weighted by atomic mass is 10.1. The van der Waals surface area contributed by atoms with Gasteiger partial charge in [-0.15, -0.1) is 0 Å². The van der Waals surface area contributed by atoms with Gasteiger partial charge in [0.25, 0.3) is 5.22 Å². The number of methoxy groups -OCH3 is 1. The summed E-state index contributed by atoms with van der Waals surface area (Å²) in [5, 5.41) is 10.5. The monoisotopic (exact) mass is 301 g/mol. The summed E-state index contributed by atoms with van der Waals surface area (Å²) in [5.41, 5.74) is 2.32. The summed E-state index contributed by atoms with van der Waals surface area (Å²) in [6, 6.07) is 13.3. The lowest BCUT2D eigenvalue weighted by molar-refractivity contribution is 0.191. The van der Waals surface area contributed by atoms with E-state index in [2.05, 4.69) is 4.98 Å². The third kappa shape index (κ3) is 2.75. The molecule has 108 valence electrons. The van der Waals surface area contributed by atoms with Crippen LogP contribution in [0.15, 0.2) is 57.0 Å². The van der Waals surface area contributed by atoms with Crippen LogP contribution in [0.5, 0.6) is 5.75 Å². The molecule has 1 N–H and O–H groups in total. The van der Waals surface area contributed by atoms with Crippen LogP contribution in [0.2, 0.25) is 0 Å². The molecule has 0 fully saturated rings. The van der Waals surface area contributed by atoms with Crippen LogP contribution in [0.25, 0.3) is 11.1 Å². The van der Waals surface area contributed by atoms with E-state index in [9.17, 15) is 5.11 Å². The Morgan fingerprint density at radius 2 is 2.00 bits per heavy atom. The van der Waals surface area contributed by atoms with E-state index in [0.717, 1.165) is 21.6 Å². The first-order valence-corrected chi connectivity index (χ1v) is 7.39. The van der Waals surface area contributed by atoms with Crippen molar-refractivity contribution >= 4 is 22.9 Å². The van der Waals surface area contributed by atoms with Gasteiger partial charge in [0.05, 0.1) is 13.2 Å². The zero-order valence-electron chi connectivity index (χ0n) is 11.7. The highest BCUT2D eigenvalue weighted by Gasteiger charge is 2.17. The van der Waals surface area contributed by atoms with Gasteiger partial charge in [-0.3, -0.25) is 0 Å². The van der Waals surface area contributed by atoms with Gasteiger partial charge in [0.2, 0.25) is 0 Å². The lowest BCUT2D eigenvalue weighted by Crippen LogP contribution is -1.98. The second kappa shape index (κ2) is 5.79. The van der Waals surface area contributed by atoms with Crippen LogP contribution in [0, 0.1) is 0 Å². The van der Waals surface area contributed by atoms with Crippen LogP contribution in [0.1, 0.15) is 18.6 Å². The molecule has 21 heavy (non-hydrogen) atoms. The van der Waals surface area contributed by atoms with Gasteiger partial charge >= 0.3 is 0 Å². The van der Waals surface area contributed by atoms with Crippen LogP contribution in [-0.4, -0.2) is 17.2 Å². The Kier molecular flexibility index (Phi) is 3.86. The fourth-order valence-corrected chi connectivity index (χ4v) is 3.18. The molecule has 0 aliphatic carbocycles. The van der Waals surface area contributed by atoms with Crippen molar-refractivity contribution in [3.05, 3.63) is 48.0 Å². The number of hydrogen-bond donors (Lipinski definition) is 1. The molecule has 0 aliphatic heterocycles. The molecular weight excluding hydrogens is 286 g/mol. The van der Waals surface area contributed by atoms with E-state index in [1.165, 1.54) is 11.8 Å². The molecule has 1 atom stereocenters. The van der Waals surface area contributed by atoms with Gasteiger partial charge in [-0.05, 0) is 43.0 Å². The molecule has 4 nitrogen and oxygen atoms in total. The highest BCUT2D eigenvalue weighted by atomic mass is 32.2. The second-order valence-corrected chi connectivity index (χ2v) is 5.59. The molecule has 0 aliphatic rings. The fourth-order valence-electron chi connectivity index (χ4n) is 2.19. The van der Waals surface area contributed by atoms with Gasteiger partial charge < -0.3 is 14.3 Å². The number of hydrogen-bond acceptors (Lipinski definition) is 5. The maximum absolute atomic E-state index is 9.99. The molecular formula is C16H15NO3S. The zero-order chi connectivity index (χ0) is 14.8. The summed E-state index contributed by atoms with van der Waals surface area (Å²) in [4.78, 5) is 5.31. The van der Waals surface area contributed by atoms with Gasteiger partial charge in [0.15, 0.2) is 5.58 Å².